The molecule has 0 amide bonds. The Hall–Kier alpha value is -2.33. The van der Waals surface area contributed by atoms with Crippen molar-refractivity contribution in [2.75, 3.05) is 18.4 Å². The lowest BCUT2D eigenvalue weighted by atomic mass is 10.1. The summed E-state index contributed by atoms with van der Waals surface area (Å²) in [5, 5.41) is 4.00. The van der Waals surface area contributed by atoms with Gasteiger partial charge in [-0.05, 0) is 42.8 Å². The summed E-state index contributed by atoms with van der Waals surface area (Å²) >= 11 is 7.26. The fourth-order valence-corrected chi connectivity index (χ4v) is 4.52. The van der Waals surface area contributed by atoms with Crippen LogP contribution >= 0.6 is 22.9 Å². The van der Waals surface area contributed by atoms with Gasteiger partial charge in [0.1, 0.15) is 5.82 Å². The first-order valence-electron chi connectivity index (χ1n) is 8.61. The third kappa shape index (κ3) is 5.60. The van der Waals surface area contributed by atoms with Gasteiger partial charge >= 0.3 is 0 Å². The molecule has 152 valence electrons. The molecule has 0 bridgehead atoms. The van der Waals surface area contributed by atoms with Crippen LogP contribution in [0.1, 0.15) is 21.7 Å². The van der Waals surface area contributed by atoms with Crippen molar-refractivity contribution in [1.82, 2.24) is 9.71 Å². The smallest absolute Gasteiger partial charge is 0.240 e. The average Bonchev–Trinajstić information content (AvgIpc) is 3.17. The van der Waals surface area contributed by atoms with E-state index < -0.39 is 15.8 Å². The first-order valence-corrected chi connectivity index (χ1v) is 11.3. The van der Waals surface area contributed by atoms with Crippen LogP contribution in [0.4, 0.5) is 9.52 Å². The summed E-state index contributed by atoms with van der Waals surface area (Å²) < 4.78 is 39.6. The van der Waals surface area contributed by atoms with Gasteiger partial charge in [-0.1, -0.05) is 35.1 Å². The van der Waals surface area contributed by atoms with Gasteiger partial charge < -0.3 is 5.32 Å². The topological polar surface area (TPSA) is 88.2 Å². The average molecular weight is 454 g/mol. The molecule has 10 heteroatoms. The largest absolute Gasteiger partial charge is 0.361 e. The van der Waals surface area contributed by atoms with E-state index >= 15 is 0 Å². The fourth-order valence-electron chi connectivity index (χ4n) is 2.43. The molecule has 1 heterocycles. The Balaban J connectivity index is 1.47. The molecule has 0 saturated heterocycles. The molecule has 0 aliphatic rings. The van der Waals surface area contributed by atoms with Gasteiger partial charge in [0.05, 0.1) is 21.0 Å². The standard InChI is InChI=1S/C19H17ClFN3O3S2/c20-16-5-2-1-4-15(16)18(25)17-12-23-19(28-17)22-10-3-11-24-29(26,27)14-8-6-13(21)7-9-14/h1-2,4-9,12,24H,3,10-11H2,(H,22,23). The van der Waals surface area contributed by atoms with Crippen molar-refractivity contribution in [3.8, 4) is 0 Å². The molecule has 2 N–H and O–H groups in total. The number of anilines is 1. The number of ketones is 1. The third-order valence-electron chi connectivity index (χ3n) is 3.89. The number of benzene rings is 2. The van der Waals surface area contributed by atoms with E-state index in [9.17, 15) is 17.6 Å². The molecular weight excluding hydrogens is 437 g/mol. The summed E-state index contributed by atoms with van der Waals surface area (Å²) in [7, 11) is -3.68. The van der Waals surface area contributed by atoms with E-state index in [0.717, 1.165) is 12.1 Å². The molecule has 1 aromatic heterocycles. The van der Waals surface area contributed by atoms with Gasteiger partial charge in [-0.3, -0.25) is 4.79 Å². The Labute approximate surface area is 176 Å². The van der Waals surface area contributed by atoms with Crippen LogP contribution in [0.3, 0.4) is 0 Å². The second kappa shape index (κ2) is 9.45. The number of aromatic nitrogens is 1. The number of carbonyl (C=O) groups is 1. The monoisotopic (exact) mass is 453 g/mol. The van der Waals surface area contributed by atoms with Crippen molar-refractivity contribution in [3.05, 3.63) is 76.0 Å². The van der Waals surface area contributed by atoms with Gasteiger partial charge in [0.15, 0.2) is 5.13 Å². The summed E-state index contributed by atoms with van der Waals surface area (Å²) in [6.45, 7) is 0.655. The zero-order chi connectivity index (χ0) is 20.9. The van der Waals surface area contributed by atoms with Crippen molar-refractivity contribution in [2.45, 2.75) is 11.3 Å². The van der Waals surface area contributed by atoms with Crippen molar-refractivity contribution in [1.29, 1.82) is 0 Å². The molecule has 6 nitrogen and oxygen atoms in total. The molecule has 29 heavy (non-hydrogen) atoms. The number of nitrogens with one attached hydrogen (secondary N) is 2. The van der Waals surface area contributed by atoms with E-state index in [1.54, 1.807) is 24.3 Å². The Morgan fingerprint density at radius 3 is 2.55 bits per heavy atom. The SMILES string of the molecule is O=C(c1cnc(NCCCNS(=O)(=O)c2ccc(F)cc2)s1)c1ccccc1Cl. The third-order valence-corrected chi connectivity index (χ3v) is 6.65. The minimum Gasteiger partial charge on any atom is -0.361 e. The van der Waals surface area contributed by atoms with Crippen molar-refractivity contribution >= 4 is 43.9 Å². The zero-order valence-electron chi connectivity index (χ0n) is 15.1. The van der Waals surface area contributed by atoms with Gasteiger partial charge in [0.25, 0.3) is 0 Å². The van der Waals surface area contributed by atoms with Gasteiger partial charge in [0.2, 0.25) is 15.8 Å². The number of hydrogen-bond acceptors (Lipinski definition) is 6. The van der Waals surface area contributed by atoms with Crippen LogP contribution in [-0.2, 0) is 10.0 Å². The first kappa shape index (κ1) is 21.4. The molecular formula is C19H17ClFN3O3S2. The van der Waals surface area contributed by atoms with Crippen molar-refractivity contribution < 1.29 is 17.6 Å². The molecule has 0 aliphatic carbocycles. The summed E-state index contributed by atoms with van der Waals surface area (Å²) in [4.78, 5) is 17.1. The first-order chi connectivity index (χ1) is 13.9. The highest BCUT2D eigenvalue weighted by Crippen LogP contribution is 2.24. The summed E-state index contributed by atoms with van der Waals surface area (Å²) in [5.74, 6) is -0.697. The number of carbonyl (C=O) groups excluding carboxylic acids is 1. The van der Waals surface area contributed by atoms with Gasteiger partial charge in [-0.2, -0.15) is 0 Å². The Bertz CT molecular complexity index is 1100. The van der Waals surface area contributed by atoms with Crippen molar-refractivity contribution in [2.24, 2.45) is 0 Å². The number of halogens is 2. The summed E-state index contributed by atoms with van der Waals surface area (Å²) in [5.41, 5.74) is 0.416. The van der Waals surface area contributed by atoms with E-state index in [0.29, 0.717) is 33.6 Å². The molecule has 0 radical (unpaired) electrons. The van der Waals surface area contributed by atoms with E-state index in [4.69, 9.17) is 11.6 Å². The molecule has 0 fully saturated rings. The molecule has 0 saturated carbocycles. The fraction of sp³-hybridized carbons (Fsp3) is 0.158. The van der Waals surface area contributed by atoms with Crippen LogP contribution < -0.4 is 10.0 Å². The predicted molar refractivity (Wildman–Crippen MR) is 112 cm³/mol. The van der Waals surface area contributed by atoms with E-state index in [2.05, 4.69) is 15.0 Å². The highest BCUT2D eigenvalue weighted by atomic mass is 35.5. The minimum absolute atomic E-state index is 0.00881. The normalized spacial score (nSPS) is 11.4. The lowest BCUT2D eigenvalue weighted by Gasteiger charge is -2.07. The zero-order valence-corrected chi connectivity index (χ0v) is 17.5. The number of nitrogens with zero attached hydrogens (tertiary/aromatic N) is 1. The second-order valence-electron chi connectivity index (χ2n) is 5.97. The van der Waals surface area contributed by atoms with Crippen LogP contribution in [-0.4, -0.2) is 32.3 Å². The second-order valence-corrected chi connectivity index (χ2v) is 9.18. The predicted octanol–water partition coefficient (Wildman–Crippen LogP) is 3.95. The van der Waals surface area contributed by atoms with E-state index in [1.165, 1.54) is 29.7 Å². The highest BCUT2D eigenvalue weighted by Gasteiger charge is 2.16. The molecule has 2 aromatic carbocycles. The number of thiazole rings is 1. The highest BCUT2D eigenvalue weighted by molar-refractivity contribution is 7.89. The number of hydrogen-bond donors (Lipinski definition) is 2. The lowest BCUT2D eigenvalue weighted by Crippen LogP contribution is -2.26. The van der Waals surface area contributed by atoms with E-state index in [-0.39, 0.29) is 17.2 Å². The molecule has 0 aliphatic heterocycles. The molecule has 0 unspecified atom stereocenters. The Morgan fingerprint density at radius 2 is 1.83 bits per heavy atom. The lowest BCUT2D eigenvalue weighted by molar-refractivity contribution is 0.104. The van der Waals surface area contributed by atoms with Gasteiger partial charge in [-0.25, -0.2) is 22.5 Å². The van der Waals surface area contributed by atoms with Crippen LogP contribution in [0.2, 0.25) is 5.02 Å². The summed E-state index contributed by atoms with van der Waals surface area (Å²) in [6, 6.07) is 11.4. The molecule has 3 rings (SSSR count). The van der Waals surface area contributed by atoms with E-state index in [1.807, 2.05) is 0 Å². The summed E-state index contributed by atoms with van der Waals surface area (Å²) in [6.07, 6.45) is 1.98. The minimum atomic E-state index is -3.68. The van der Waals surface area contributed by atoms with Gasteiger partial charge in [-0.15, -0.1) is 0 Å². The molecule has 3 aromatic rings. The quantitative estimate of drug-likeness (QED) is 0.378. The maximum Gasteiger partial charge on any atom is 0.240 e. The number of sulfonamides is 1. The maximum atomic E-state index is 12.9. The maximum absolute atomic E-state index is 12.9. The van der Waals surface area contributed by atoms with Crippen LogP contribution in [0.25, 0.3) is 0 Å². The van der Waals surface area contributed by atoms with Crippen LogP contribution in [0.15, 0.2) is 59.6 Å². The molecule has 0 spiro atoms. The van der Waals surface area contributed by atoms with Gasteiger partial charge in [0, 0.05) is 18.7 Å². The Kier molecular flexibility index (Phi) is 6.96. The van der Waals surface area contributed by atoms with Crippen molar-refractivity contribution in [3.63, 3.8) is 0 Å². The van der Waals surface area contributed by atoms with Crippen LogP contribution in [0, 0.1) is 5.82 Å². The Morgan fingerprint density at radius 1 is 1.10 bits per heavy atom. The molecule has 0 atom stereocenters. The van der Waals surface area contributed by atoms with Crippen LogP contribution in [0.5, 0.6) is 0 Å². The number of rotatable bonds is 9.